The van der Waals surface area contributed by atoms with Gasteiger partial charge in [-0.1, -0.05) is 29.5 Å². The first-order valence-corrected chi connectivity index (χ1v) is 10.5. The quantitative estimate of drug-likeness (QED) is 0.613. The molecule has 0 bridgehead atoms. The SMILES string of the molecule is Cc1ccc(CC(=O)N2CCC(Oc3nc4c(F)cc(F)cc4s3)CC2)cc1C. The summed E-state index contributed by atoms with van der Waals surface area (Å²) < 4.78 is 33.5. The molecule has 0 unspecified atom stereocenters. The maximum Gasteiger partial charge on any atom is 0.274 e. The van der Waals surface area contributed by atoms with Gasteiger partial charge >= 0.3 is 0 Å². The first-order valence-electron chi connectivity index (χ1n) is 9.65. The molecule has 0 saturated carbocycles. The third-order valence-electron chi connectivity index (χ3n) is 5.38. The zero-order valence-corrected chi connectivity index (χ0v) is 17.2. The minimum atomic E-state index is -0.683. The highest BCUT2D eigenvalue weighted by Gasteiger charge is 2.25. The molecular formula is C22H22F2N2O2S. The van der Waals surface area contributed by atoms with Gasteiger partial charge in [-0.25, -0.2) is 8.78 Å². The van der Waals surface area contributed by atoms with Crippen molar-refractivity contribution >= 4 is 27.5 Å². The number of fused-ring (bicyclic) bond motifs is 1. The van der Waals surface area contributed by atoms with Crippen molar-refractivity contribution in [3.8, 4) is 5.19 Å². The summed E-state index contributed by atoms with van der Waals surface area (Å²) in [4.78, 5) is 18.6. The first kappa shape index (κ1) is 19.8. The average Bonchev–Trinajstić information content (AvgIpc) is 3.08. The Hall–Kier alpha value is -2.54. The van der Waals surface area contributed by atoms with Gasteiger partial charge in [-0.05, 0) is 36.6 Å². The normalized spacial score (nSPS) is 15.1. The standard InChI is InChI=1S/C22H22F2N2O2S/c1-13-3-4-15(9-14(13)2)10-20(27)26-7-5-17(6-8-26)28-22-25-21-18(24)11-16(23)12-19(21)29-22/h3-4,9,11-12,17H,5-8,10H2,1-2H3. The highest BCUT2D eigenvalue weighted by molar-refractivity contribution is 7.20. The number of benzene rings is 2. The van der Waals surface area contributed by atoms with Gasteiger partial charge in [0, 0.05) is 32.0 Å². The summed E-state index contributed by atoms with van der Waals surface area (Å²) in [6.45, 7) is 5.33. The fourth-order valence-corrected chi connectivity index (χ4v) is 4.47. The van der Waals surface area contributed by atoms with Crippen LogP contribution in [0.25, 0.3) is 10.2 Å². The summed E-state index contributed by atoms with van der Waals surface area (Å²) >= 11 is 1.14. The van der Waals surface area contributed by atoms with Crippen LogP contribution in [0.15, 0.2) is 30.3 Å². The number of amides is 1. The maximum atomic E-state index is 13.8. The molecule has 1 amide bonds. The van der Waals surface area contributed by atoms with E-state index < -0.39 is 11.6 Å². The molecule has 1 aliphatic heterocycles. The van der Waals surface area contributed by atoms with E-state index in [1.54, 1.807) is 0 Å². The summed E-state index contributed by atoms with van der Waals surface area (Å²) in [7, 11) is 0. The van der Waals surface area contributed by atoms with Gasteiger partial charge in [-0.3, -0.25) is 4.79 Å². The van der Waals surface area contributed by atoms with Crippen LogP contribution in [-0.4, -0.2) is 35.0 Å². The summed E-state index contributed by atoms with van der Waals surface area (Å²) in [5, 5.41) is 0.337. The minimum absolute atomic E-state index is 0.0888. The second-order valence-electron chi connectivity index (χ2n) is 7.51. The molecular weight excluding hydrogens is 394 g/mol. The van der Waals surface area contributed by atoms with Crippen LogP contribution in [0.4, 0.5) is 8.78 Å². The lowest BCUT2D eigenvalue weighted by atomic mass is 10.0. The van der Waals surface area contributed by atoms with E-state index in [4.69, 9.17) is 4.74 Å². The van der Waals surface area contributed by atoms with Crippen LogP contribution in [0, 0.1) is 25.5 Å². The summed E-state index contributed by atoms with van der Waals surface area (Å²) in [5.41, 5.74) is 3.57. The van der Waals surface area contributed by atoms with Crippen LogP contribution in [0.3, 0.4) is 0 Å². The number of ether oxygens (including phenoxy) is 1. The molecule has 2 aromatic carbocycles. The Bertz CT molecular complexity index is 1060. The van der Waals surface area contributed by atoms with Crippen molar-refractivity contribution in [2.45, 2.75) is 39.2 Å². The number of aryl methyl sites for hydroxylation is 2. The topological polar surface area (TPSA) is 42.4 Å². The number of thiazole rings is 1. The fourth-order valence-electron chi connectivity index (χ4n) is 3.55. The monoisotopic (exact) mass is 416 g/mol. The first-order chi connectivity index (χ1) is 13.9. The van der Waals surface area contributed by atoms with Crippen LogP contribution in [0.5, 0.6) is 5.19 Å². The number of piperidine rings is 1. The number of hydrogen-bond acceptors (Lipinski definition) is 4. The molecule has 3 aromatic rings. The number of halogens is 2. The molecule has 4 rings (SSSR count). The maximum absolute atomic E-state index is 13.8. The highest BCUT2D eigenvalue weighted by atomic mass is 32.1. The molecule has 0 radical (unpaired) electrons. The van der Waals surface area contributed by atoms with Crippen molar-refractivity contribution in [3.05, 3.63) is 58.7 Å². The van der Waals surface area contributed by atoms with Crippen molar-refractivity contribution in [2.75, 3.05) is 13.1 Å². The van der Waals surface area contributed by atoms with Gasteiger partial charge in [0.05, 0.1) is 11.1 Å². The smallest absolute Gasteiger partial charge is 0.274 e. The molecule has 1 aromatic heterocycles. The van der Waals surface area contributed by atoms with E-state index in [9.17, 15) is 13.6 Å². The van der Waals surface area contributed by atoms with Crippen LogP contribution < -0.4 is 4.74 Å². The van der Waals surface area contributed by atoms with Gasteiger partial charge in [0.2, 0.25) is 5.91 Å². The van der Waals surface area contributed by atoms with E-state index in [0.717, 1.165) is 23.0 Å². The Kier molecular flexibility index (Phi) is 5.50. The fraction of sp³-hybridized carbons (Fsp3) is 0.364. The van der Waals surface area contributed by atoms with Crippen molar-refractivity contribution < 1.29 is 18.3 Å². The van der Waals surface area contributed by atoms with E-state index in [1.165, 1.54) is 17.2 Å². The summed E-state index contributed by atoms with van der Waals surface area (Å²) in [6, 6.07) is 8.20. The van der Waals surface area contributed by atoms with Crippen LogP contribution in [0.2, 0.25) is 0 Å². The molecule has 29 heavy (non-hydrogen) atoms. The Morgan fingerprint density at radius 3 is 2.66 bits per heavy atom. The lowest BCUT2D eigenvalue weighted by Crippen LogP contribution is -2.42. The molecule has 1 saturated heterocycles. The van der Waals surface area contributed by atoms with Crippen LogP contribution in [-0.2, 0) is 11.2 Å². The van der Waals surface area contributed by atoms with Crippen molar-refractivity contribution in [3.63, 3.8) is 0 Å². The third kappa shape index (κ3) is 4.40. The number of carbonyl (C=O) groups is 1. The van der Waals surface area contributed by atoms with Crippen molar-refractivity contribution in [2.24, 2.45) is 0 Å². The Labute approximate surface area is 172 Å². The zero-order valence-electron chi connectivity index (χ0n) is 16.4. The number of carbonyl (C=O) groups excluding carboxylic acids is 1. The molecule has 7 heteroatoms. The second-order valence-corrected chi connectivity index (χ2v) is 8.50. The summed E-state index contributed by atoms with van der Waals surface area (Å²) in [6.07, 6.45) is 1.68. The highest BCUT2D eigenvalue weighted by Crippen LogP contribution is 2.32. The number of likely N-dealkylation sites (tertiary alicyclic amines) is 1. The number of rotatable bonds is 4. The van der Waals surface area contributed by atoms with Gasteiger partial charge in [0.25, 0.3) is 5.19 Å². The van der Waals surface area contributed by atoms with Crippen LogP contribution >= 0.6 is 11.3 Å². The van der Waals surface area contributed by atoms with Gasteiger partial charge in [-0.2, -0.15) is 4.98 Å². The number of nitrogens with zero attached hydrogens (tertiary/aromatic N) is 2. The molecule has 152 valence electrons. The lowest BCUT2D eigenvalue weighted by Gasteiger charge is -2.31. The van der Waals surface area contributed by atoms with Crippen molar-refractivity contribution in [1.29, 1.82) is 0 Å². The molecule has 4 nitrogen and oxygen atoms in total. The van der Waals surface area contributed by atoms with Gasteiger partial charge in [-0.15, -0.1) is 0 Å². The molecule has 0 aliphatic carbocycles. The number of hydrogen-bond donors (Lipinski definition) is 0. The zero-order chi connectivity index (χ0) is 20.5. The molecule has 1 aliphatic rings. The Morgan fingerprint density at radius 1 is 1.17 bits per heavy atom. The Balaban J connectivity index is 1.34. The van der Waals surface area contributed by atoms with E-state index in [0.29, 0.717) is 42.2 Å². The number of aromatic nitrogens is 1. The van der Waals surface area contributed by atoms with E-state index in [1.807, 2.05) is 17.0 Å². The molecule has 0 N–H and O–H groups in total. The Morgan fingerprint density at radius 2 is 1.93 bits per heavy atom. The van der Waals surface area contributed by atoms with E-state index in [-0.39, 0.29) is 17.5 Å². The predicted molar refractivity (Wildman–Crippen MR) is 109 cm³/mol. The van der Waals surface area contributed by atoms with E-state index >= 15 is 0 Å². The minimum Gasteiger partial charge on any atom is -0.467 e. The molecule has 2 heterocycles. The van der Waals surface area contributed by atoms with Gasteiger partial charge in [0.1, 0.15) is 17.4 Å². The summed E-state index contributed by atoms with van der Waals surface area (Å²) in [5.74, 6) is -1.19. The van der Waals surface area contributed by atoms with Crippen LogP contribution in [0.1, 0.15) is 29.5 Å². The lowest BCUT2D eigenvalue weighted by molar-refractivity contribution is -0.132. The molecule has 1 fully saturated rings. The predicted octanol–water partition coefficient (Wildman–Crippen LogP) is 4.80. The van der Waals surface area contributed by atoms with Crippen molar-refractivity contribution in [1.82, 2.24) is 9.88 Å². The van der Waals surface area contributed by atoms with Gasteiger partial charge in [0.15, 0.2) is 5.82 Å². The average molecular weight is 416 g/mol. The van der Waals surface area contributed by atoms with E-state index in [2.05, 4.69) is 24.9 Å². The van der Waals surface area contributed by atoms with Gasteiger partial charge < -0.3 is 9.64 Å². The molecule has 0 atom stereocenters. The molecule has 0 spiro atoms. The second kappa shape index (κ2) is 8.06. The third-order valence-corrected chi connectivity index (χ3v) is 6.28. The largest absolute Gasteiger partial charge is 0.467 e.